The quantitative estimate of drug-likeness (QED) is 0.789. The van der Waals surface area contributed by atoms with Crippen molar-refractivity contribution in [1.82, 2.24) is 9.78 Å². The average molecular weight is 324 g/mol. The van der Waals surface area contributed by atoms with Gasteiger partial charge in [-0.2, -0.15) is 5.10 Å². The lowest BCUT2D eigenvalue weighted by atomic mass is 10.1. The van der Waals surface area contributed by atoms with Crippen molar-refractivity contribution < 1.29 is 4.39 Å². The number of aryl methyl sites for hydroxylation is 2. The molecule has 100 valence electrons. The van der Waals surface area contributed by atoms with Crippen LogP contribution in [0.15, 0.2) is 18.2 Å². The van der Waals surface area contributed by atoms with E-state index in [2.05, 4.69) is 25.9 Å². The summed E-state index contributed by atoms with van der Waals surface area (Å²) in [6, 6.07) is 5.02. The molecular weight excluding hydrogens is 309 g/mol. The van der Waals surface area contributed by atoms with Crippen molar-refractivity contribution in [3.63, 3.8) is 0 Å². The molecule has 1 aromatic heterocycles. The molecule has 0 aliphatic carbocycles. The van der Waals surface area contributed by atoms with Gasteiger partial charge < -0.3 is 4.90 Å². The fourth-order valence-corrected chi connectivity index (χ4v) is 3.41. The van der Waals surface area contributed by atoms with E-state index < -0.39 is 0 Å². The zero-order chi connectivity index (χ0) is 13.6. The predicted molar refractivity (Wildman–Crippen MR) is 77.7 cm³/mol. The van der Waals surface area contributed by atoms with Gasteiger partial charge in [0.25, 0.3) is 0 Å². The van der Waals surface area contributed by atoms with Gasteiger partial charge in [0.15, 0.2) is 0 Å². The number of hydrogen-bond acceptors (Lipinski definition) is 2. The number of hydrogen-bond donors (Lipinski definition) is 0. The fraction of sp³-hybridized carbons (Fsp3) is 0.357. The van der Waals surface area contributed by atoms with Crippen molar-refractivity contribution >= 4 is 27.4 Å². The molecule has 0 amide bonds. The maximum absolute atomic E-state index is 13.5. The lowest BCUT2D eigenvalue weighted by molar-refractivity contribution is 0.627. The van der Waals surface area contributed by atoms with Gasteiger partial charge in [-0.05, 0) is 31.0 Å². The van der Waals surface area contributed by atoms with Crippen LogP contribution in [0.4, 0.5) is 15.9 Å². The zero-order valence-corrected chi connectivity index (χ0v) is 12.5. The number of halogens is 2. The van der Waals surface area contributed by atoms with Crippen molar-refractivity contribution in [2.24, 2.45) is 7.05 Å². The molecule has 1 aliphatic rings. The van der Waals surface area contributed by atoms with E-state index in [1.165, 1.54) is 17.2 Å². The van der Waals surface area contributed by atoms with Gasteiger partial charge in [-0.3, -0.25) is 4.68 Å². The third-order valence-corrected chi connectivity index (χ3v) is 4.21. The van der Waals surface area contributed by atoms with Crippen LogP contribution in [0, 0.1) is 12.7 Å². The largest absolute Gasteiger partial charge is 0.326 e. The Labute approximate surface area is 120 Å². The number of anilines is 2. The maximum Gasteiger partial charge on any atom is 0.135 e. The fourth-order valence-electron chi connectivity index (χ4n) is 2.76. The van der Waals surface area contributed by atoms with Gasteiger partial charge in [0, 0.05) is 30.2 Å². The Balaban J connectivity index is 2.14. The highest BCUT2D eigenvalue weighted by Crippen LogP contribution is 2.37. The topological polar surface area (TPSA) is 21.1 Å². The minimum absolute atomic E-state index is 0.190. The SMILES string of the molecule is Cc1nn(C)c(N2CCc3ccc(F)cc32)c1CBr. The van der Waals surface area contributed by atoms with Crippen molar-refractivity contribution in [2.75, 3.05) is 11.4 Å². The Hall–Kier alpha value is -1.36. The summed E-state index contributed by atoms with van der Waals surface area (Å²) in [5.41, 5.74) is 4.34. The van der Waals surface area contributed by atoms with Gasteiger partial charge in [-0.25, -0.2) is 4.39 Å². The third kappa shape index (κ3) is 1.96. The van der Waals surface area contributed by atoms with Gasteiger partial charge in [-0.1, -0.05) is 22.0 Å². The second-order valence-electron chi connectivity index (χ2n) is 4.82. The summed E-state index contributed by atoms with van der Waals surface area (Å²) in [5.74, 6) is 0.864. The van der Waals surface area contributed by atoms with E-state index in [1.54, 1.807) is 6.07 Å². The van der Waals surface area contributed by atoms with Gasteiger partial charge in [0.2, 0.25) is 0 Å². The summed E-state index contributed by atoms with van der Waals surface area (Å²) in [4.78, 5) is 2.16. The molecule has 0 spiro atoms. The van der Waals surface area contributed by atoms with Crippen LogP contribution < -0.4 is 4.90 Å². The first-order chi connectivity index (χ1) is 9.11. The van der Waals surface area contributed by atoms with Crippen LogP contribution in [0.5, 0.6) is 0 Å². The van der Waals surface area contributed by atoms with Gasteiger partial charge in [0.1, 0.15) is 11.6 Å². The highest BCUT2D eigenvalue weighted by atomic mass is 79.9. The summed E-state index contributed by atoms with van der Waals surface area (Å²) < 4.78 is 15.4. The van der Waals surface area contributed by atoms with Gasteiger partial charge in [0.05, 0.1) is 5.69 Å². The van der Waals surface area contributed by atoms with Crippen LogP contribution in [0.3, 0.4) is 0 Å². The maximum atomic E-state index is 13.5. The second-order valence-corrected chi connectivity index (χ2v) is 5.38. The standard InChI is InChI=1S/C14H15BrFN3/c1-9-12(8-15)14(18(2)17-9)19-6-5-10-3-4-11(16)7-13(10)19/h3-4,7H,5-6,8H2,1-2H3. The predicted octanol–water partition coefficient (Wildman–Crippen LogP) is 3.46. The number of nitrogens with zero attached hydrogens (tertiary/aromatic N) is 3. The van der Waals surface area contributed by atoms with Crippen LogP contribution in [-0.2, 0) is 18.8 Å². The second kappa shape index (κ2) is 4.63. The normalized spacial score (nSPS) is 14.0. The van der Waals surface area contributed by atoms with Crippen molar-refractivity contribution in [1.29, 1.82) is 0 Å². The molecule has 1 aromatic carbocycles. The summed E-state index contributed by atoms with van der Waals surface area (Å²) in [5, 5.41) is 5.23. The smallest absolute Gasteiger partial charge is 0.135 e. The molecule has 0 fully saturated rings. The molecule has 0 N–H and O–H groups in total. The molecule has 2 aromatic rings. The van der Waals surface area contributed by atoms with E-state index in [0.717, 1.165) is 35.5 Å². The first-order valence-corrected chi connectivity index (χ1v) is 7.38. The van der Waals surface area contributed by atoms with E-state index in [1.807, 2.05) is 24.7 Å². The lowest BCUT2D eigenvalue weighted by Gasteiger charge is -2.21. The monoisotopic (exact) mass is 323 g/mol. The molecule has 3 rings (SSSR count). The summed E-state index contributed by atoms with van der Waals surface area (Å²) in [7, 11) is 1.94. The summed E-state index contributed by atoms with van der Waals surface area (Å²) >= 11 is 3.52. The molecule has 3 nitrogen and oxygen atoms in total. The zero-order valence-electron chi connectivity index (χ0n) is 11.0. The van der Waals surface area contributed by atoms with Crippen molar-refractivity contribution in [3.05, 3.63) is 40.8 Å². The third-order valence-electron chi connectivity index (χ3n) is 3.65. The molecule has 0 saturated carbocycles. The first kappa shape index (κ1) is 12.7. The minimum atomic E-state index is -0.190. The molecular formula is C14H15BrFN3. The lowest BCUT2D eigenvalue weighted by Crippen LogP contribution is -2.18. The Morgan fingerprint density at radius 1 is 1.42 bits per heavy atom. The van der Waals surface area contributed by atoms with Crippen LogP contribution >= 0.6 is 15.9 Å². The number of aromatic nitrogens is 2. The highest BCUT2D eigenvalue weighted by Gasteiger charge is 2.26. The average Bonchev–Trinajstić information content (AvgIpc) is 2.89. The van der Waals surface area contributed by atoms with Crippen LogP contribution in [-0.4, -0.2) is 16.3 Å². The van der Waals surface area contributed by atoms with Crippen LogP contribution in [0.25, 0.3) is 0 Å². The molecule has 19 heavy (non-hydrogen) atoms. The summed E-state index contributed by atoms with van der Waals surface area (Å²) in [6.45, 7) is 2.88. The Morgan fingerprint density at radius 3 is 2.95 bits per heavy atom. The Bertz CT molecular complexity index is 636. The molecule has 2 heterocycles. The van der Waals surface area contributed by atoms with E-state index >= 15 is 0 Å². The van der Waals surface area contributed by atoms with E-state index in [-0.39, 0.29) is 5.82 Å². The van der Waals surface area contributed by atoms with E-state index in [9.17, 15) is 4.39 Å². The number of alkyl halides is 1. The Kier molecular flexibility index (Phi) is 3.09. The highest BCUT2D eigenvalue weighted by molar-refractivity contribution is 9.08. The number of fused-ring (bicyclic) bond motifs is 1. The summed E-state index contributed by atoms with van der Waals surface area (Å²) in [6.07, 6.45) is 0.946. The molecule has 0 unspecified atom stereocenters. The molecule has 0 atom stereocenters. The Morgan fingerprint density at radius 2 is 2.21 bits per heavy atom. The number of benzene rings is 1. The minimum Gasteiger partial charge on any atom is -0.326 e. The molecule has 5 heteroatoms. The molecule has 1 aliphatic heterocycles. The van der Waals surface area contributed by atoms with Gasteiger partial charge >= 0.3 is 0 Å². The molecule has 0 radical (unpaired) electrons. The van der Waals surface area contributed by atoms with Crippen LogP contribution in [0.2, 0.25) is 0 Å². The van der Waals surface area contributed by atoms with Crippen molar-refractivity contribution in [3.8, 4) is 0 Å². The van der Waals surface area contributed by atoms with Crippen molar-refractivity contribution in [2.45, 2.75) is 18.7 Å². The number of rotatable bonds is 2. The molecule has 0 bridgehead atoms. The van der Waals surface area contributed by atoms with Crippen LogP contribution in [0.1, 0.15) is 16.8 Å². The van der Waals surface area contributed by atoms with Gasteiger partial charge in [-0.15, -0.1) is 0 Å². The van der Waals surface area contributed by atoms with E-state index in [4.69, 9.17) is 0 Å². The molecule has 0 saturated heterocycles. The first-order valence-electron chi connectivity index (χ1n) is 6.26. The van der Waals surface area contributed by atoms with E-state index in [0.29, 0.717) is 0 Å².